The van der Waals surface area contributed by atoms with Crippen LogP contribution in [0.5, 0.6) is 0 Å². The van der Waals surface area contributed by atoms with Gasteiger partial charge < -0.3 is 0 Å². The van der Waals surface area contributed by atoms with E-state index in [0.717, 1.165) is 0 Å². The summed E-state index contributed by atoms with van der Waals surface area (Å²) in [6.45, 7) is 1.62. The van der Waals surface area contributed by atoms with Crippen molar-refractivity contribution in [2.75, 3.05) is 0 Å². The summed E-state index contributed by atoms with van der Waals surface area (Å²) in [6, 6.07) is 0. The van der Waals surface area contributed by atoms with Crippen molar-refractivity contribution in [1.82, 2.24) is 0 Å². The SMILES string of the molecule is CC(=O)CC1C=CC=C1. The summed E-state index contributed by atoms with van der Waals surface area (Å²) >= 11 is 0. The van der Waals surface area contributed by atoms with Crippen LogP contribution in [0.2, 0.25) is 0 Å². The van der Waals surface area contributed by atoms with Crippen molar-refractivity contribution in [3.05, 3.63) is 24.3 Å². The van der Waals surface area contributed by atoms with Gasteiger partial charge in [-0.1, -0.05) is 24.3 Å². The summed E-state index contributed by atoms with van der Waals surface area (Å²) in [5.74, 6) is 0.638. The molecule has 0 spiro atoms. The largest absolute Gasteiger partial charge is 0.300 e. The maximum atomic E-state index is 10.5. The van der Waals surface area contributed by atoms with Gasteiger partial charge in [-0.2, -0.15) is 0 Å². The van der Waals surface area contributed by atoms with Crippen LogP contribution in [-0.2, 0) is 4.79 Å². The third kappa shape index (κ3) is 1.84. The third-order valence-electron chi connectivity index (χ3n) is 1.35. The second-order valence-corrected chi connectivity index (χ2v) is 2.34. The monoisotopic (exact) mass is 122 g/mol. The highest BCUT2D eigenvalue weighted by molar-refractivity contribution is 5.76. The molecule has 0 fully saturated rings. The van der Waals surface area contributed by atoms with Gasteiger partial charge in [-0.15, -0.1) is 0 Å². The molecule has 0 atom stereocenters. The van der Waals surface area contributed by atoms with Crippen molar-refractivity contribution >= 4 is 5.78 Å². The standard InChI is InChI=1S/C8H10O/c1-7(9)6-8-4-2-3-5-8/h2-5,8H,6H2,1H3. The minimum Gasteiger partial charge on any atom is -0.300 e. The van der Waals surface area contributed by atoms with E-state index in [1.54, 1.807) is 6.92 Å². The van der Waals surface area contributed by atoms with Gasteiger partial charge >= 0.3 is 0 Å². The normalized spacial score (nSPS) is 17.0. The highest BCUT2D eigenvalue weighted by atomic mass is 16.1. The Balaban J connectivity index is 2.37. The molecule has 0 radical (unpaired) electrons. The zero-order chi connectivity index (χ0) is 6.69. The molecule has 0 aromatic carbocycles. The number of rotatable bonds is 2. The molecule has 0 saturated carbocycles. The fourth-order valence-electron chi connectivity index (χ4n) is 0.946. The quantitative estimate of drug-likeness (QED) is 0.545. The molecule has 9 heavy (non-hydrogen) atoms. The molecule has 0 aromatic heterocycles. The van der Waals surface area contributed by atoms with Crippen molar-refractivity contribution in [1.29, 1.82) is 0 Å². The Bertz CT molecular complexity index is 153. The molecule has 0 amide bonds. The second kappa shape index (κ2) is 2.62. The highest BCUT2D eigenvalue weighted by Crippen LogP contribution is 2.12. The predicted molar refractivity (Wildman–Crippen MR) is 37.1 cm³/mol. The van der Waals surface area contributed by atoms with Crippen molar-refractivity contribution in [2.45, 2.75) is 13.3 Å². The van der Waals surface area contributed by atoms with Gasteiger partial charge in [0.1, 0.15) is 5.78 Å². The highest BCUT2D eigenvalue weighted by Gasteiger charge is 2.04. The van der Waals surface area contributed by atoms with Crippen molar-refractivity contribution in [3.63, 3.8) is 0 Å². The lowest BCUT2D eigenvalue weighted by Gasteiger charge is -1.97. The van der Waals surface area contributed by atoms with E-state index in [-0.39, 0.29) is 5.78 Å². The van der Waals surface area contributed by atoms with Crippen LogP contribution < -0.4 is 0 Å². The van der Waals surface area contributed by atoms with Crippen LogP contribution in [0, 0.1) is 5.92 Å². The van der Waals surface area contributed by atoms with Gasteiger partial charge in [0.2, 0.25) is 0 Å². The topological polar surface area (TPSA) is 17.1 Å². The van der Waals surface area contributed by atoms with Crippen molar-refractivity contribution in [3.8, 4) is 0 Å². The van der Waals surface area contributed by atoms with E-state index in [1.807, 2.05) is 24.3 Å². The lowest BCUT2D eigenvalue weighted by molar-refractivity contribution is -0.117. The summed E-state index contributed by atoms with van der Waals surface area (Å²) in [7, 11) is 0. The van der Waals surface area contributed by atoms with Gasteiger partial charge in [-0.05, 0) is 6.92 Å². The molecular formula is C8H10O. The van der Waals surface area contributed by atoms with E-state index in [9.17, 15) is 4.79 Å². The first kappa shape index (κ1) is 6.27. The van der Waals surface area contributed by atoms with Gasteiger partial charge in [-0.25, -0.2) is 0 Å². The summed E-state index contributed by atoms with van der Waals surface area (Å²) in [6.07, 6.45) is 8.71. The Kier molecular flexibility index (Phi) is 1.83. The first-order valence-electron chi connectivity index (χ1n) is 3.13. The predicted octanol–water partition coefficient (Wildman–Crippen LogP) is 1.71. The maximum Gasteiger partial charge on any atom is 0.130 e. The van der Waals surface area contributed by atoms with Crippen LogP contribution in [0.4, 0.5) is 0 Å². The van der Waals surface area contributed by atoms with Crippen LogP contribution in [0.25, 0.3) is 0 Å². The van der Waals surface area contributed by atoms with E-state index >= 15 is 0 Å². The Morgan fingerprint density at radius 1 is 1.44 bits per heavy atom. The Labute approximate surface area is 55.1 Å². The Morgan fingerprint density at radius 2 is 2.00 bits per heavy atom. The first-order valence-corrected chi connectivity index (χ1v) is 3.13. The van der Waals surface area contributed by atoms with Gasteiger partial charge in [-0.3, -0.25) is 4.79 Å². The molecule has 0 unspecified atom stereocenters. The smallest absolute Gasteiger partial charge is 0.130 e. The number of allylic oxidation sites excluding steroid dienone is 4. The molecule has 0 N–H and O–H groups in total. The van der Waals surface area contributed by atoms with Gasteiger partial charge in [0, 0.05) is 12.3 Å². The fourth-order valence-corrected chi connectivity index (χ4v) is 0.946. The molecule has 1 aliphatic carbocycles. The van der Waals surface area contributed by atoms with E-state index in [1.165, 1.54) is 0 Å². The van der Waals surface area contributed by atoms with E-state index in [2.05, 4.69) is 0 Å². The molecule has 0 saturated heterocycles. The zero-order valence-electron chi connectivity index (χ0n) is 5.50. The molecule has 48 valence electrons. The first-order chi connectivity index (χ1) is 4.29. The van der Waals surface area contributed by atoms with E-state index < -0.39 is 0 Å². The van der Waals surface area contributed by atoms with Crippen LogP contribution in [0.3, 0.4) is 0 Å². The number of carbonyl (C=O) groups is 1. The minimum absolute atomic E-state index is 0.260. The molecule has 1 aliphatic rings. The molecule has 1 rings (SSSR count). The number of carbonyl (C=O) groups excluding carboxylic acids is 1. The molecule has 0 bridgehead atoms. The van der Waals surface area contributed by atoms with Gasteiger partial charge in [0.15, 0.2) is 0 Å². The molecule has 0 heterocycles. The van der Waals surface area contributed by atoms with E-state index in [0.29, 0.717) is 12.3 Å². The summed E-state index contributed by atoms with van der Waals surface area (Å²) in [5.41, 5.74) is 0. The Hall–Kier alpha value is -0.850. The number of Topliss-reactive ketones (excluding diaryl/α,β-unsaturated/α-hetero) is 1. The van der Waals surface area contributed by atoms with Gasteiger partial charge in [0.25, 0.3) is 0 Å². The summed E-state index contributed by atoms with van der Waals surface area (Å²) in [4.78, 5) is 10.5. The lowest BCUT2D eigenvalue weighted by atomic mass is 10.1. The number of ketones is 1. The minimum atomic E-state index is 0.260. The number of hydrogen-bond donors (Lipinski definition) is 0. The molecule has 0 aliphatic heterocycles. The average molecular weight is 122 g/mol. The maximum absolute atomic E-state index is 10.5. The third-order valence-corrected chi connectivity index (χ3v) is 1.35. The van der Waals surface area contributed by atoms with Crippen LogP contribution in [-0.4, -0.2) is 5.78 Å². The van der Waals surface area contributed by atoms with Crippen LogP contribution >= 0.6 is 0 Å². The summed E-state index contributed by atoms with van der Waals surface area (Å²) < 4.78 is 0. The summed E-state index contributed by atoms with van der Waals surface area (Å²) in [5, 5.41) is 0. The van der Waals surface area contributed by atoms with Crippen LogP contribution in [0.1, 0.15) is 13.3 Å². The number of hydrogen-bond acceptors (Lipinski definition) is 1. The lowest BCUT2D eigenvalue weighted by Crippen LogP contribution is -1.97. The van der Waals surface area contributed by atoms with Crippen molar-refractivity contribution < 1.29 is 4.79 Å². The molecular weight excluding hydrogens is 112 g/mol. The van der Waals surface area contributed by atoms with Gasteiger partial charge in [0.05, 0.1) is 0 Å². The van der Waals surface area contributed by atoms with Crippen LogP contribution in [0.15, 0.2) is 24.3 Å². The van der Waals surface area contributed by atoms with E-state index in [4.69, 9.17) is 0 Å². The fraction of sp³-hybridized carbons (Fsp3) is 0.375. The zero-order valence-corrected chi connectivity index (χ0v) is 5.50. The Morgan fingerprint density at radius 3 is 2.44 bits per heavy atom. The molecule has 1 nitrogen and oxygen atoms in total. The van der Waals surface area contributed by atoms with Crippen molar-refractivity contribution in [2.24, 2.45) is 5.92 Å². The average Bonchev–Trinajstić information content (AvgIpc) is 2.15. The molecule has 0 aromatic rings. The molecule has 1 heteroatoms. The second-order valence-electron chi connectivity index (χ2n) is 2.34.